The van der Waals surface area contributed by atoms with Gasteiger partial charge in [0.05, 0.1) is 13.1 Å². The highest BCUT2D eigenvalue weighted by Gasteiger charge is 2.02. The Morgan fingerprint density at radius 3 is 2.37 bits per heavy atom. The van der Waals surface area contributed by atoms with Gasteiger partial charge in [0.1, 0.15) is 0 Å². The molecule has 1 heterocycles. The normalized spacial score (nSPS) is 10.9. The van der Waals surface area contributed by atoms with Crippen molar-refractivity contribution in [3.8, 4) is 0 Å². The molecule has 158 valence electrons. The van der Waals surface area contributed by atoms with Crippen molar-refractivity contribution < 1.29 is 0 Å². The second kappa shape index (κ2) is 12.4. The van der Waals surface area contributed by atoms with Gasteiger partial charge >= 0.3 is 0 Å². The third-order valence-electron chi connectivity index (χ3n) is 4.44. The average molecular weight is 537 g/mol. The van der Waals surface area contributed by atoms with Crippen molar-refractivity contribution in [2.45, 2.75) is 26.6 Å². The molecule has 3 aromatic rings. The van der Waals surface area contributed by atoms with Crippen molar-refractivity contribution in [1.29, 1.82) is 0 Å². The molecule has 0 saturated heterocycles. The van der Waals surface area contributed by atoms with Gasteiger partial charge in [0.15, 0.2) is 5.96 Å². The van der Waals surface area contributed by atoms with Crippen LogP contribution in [0, 0.1) is 0 Å². The topological polar surface area (TPSA) is 58.4 Å². The largest absolute Gasteiger partial charge is 0.357 e. The third-order valence-corrected chi connectivity index (χ3v) is 4.81. The van der Waals surface area contributed by atoms with Crippen LogP contribution in [0.3, 0.4) is 0 Å². The van der Waals surface area contributed by atoms with E-state index in [9.17, 15) is 4.79 Å². The SMILES string of the molecule is CCNC(=NCc1ccc(Cn2ccccc2=O)cc1)NCc1ccccc1Cl.I. The van der Waals surface area contributed by atoms with Crippen LogP contribution in [0.1, 0.15) is 23.6 Å². The van der Waals surface area contributed by atoms with Crippen LogP contribution in [0.2, 0.25) is 5.02 Å². The van der Waals surface area contributed by atoms with Gasteiger partial charge in [-0.2, -0.15) is 0 Å². The minimum absolute atomic E-state index is 0. The second-order valence-corrected chi connectivity index (χ2v) is 7.03. The highest BCUT2D eigenvalue weighted by molar-refractivity contribution is 14.0. The van der Waals surface area contributed by atoms with E-state index in [2.05, 4.69) is 15.6 Å². The van der Waals surface area contributed by atoms with Crippen molar-refractivity contribution in [2.24, 2.45) is 4.99 Å². The van der Waals surface area contributed by atoms with Gasteiger partial charge in [-0.25, -0.2) is 4.99 Å². The molecule has 0 aliphatic heterocycles. The molecule has 1 aromatic heterocycles. The molecule has 0 fully saturated rings. The number of benzene rings is 2. The van der Waals surface area contributed by atoms with E-state index in [0.29, 0.717) is 19.6 Å². The Kier molecular flexibility index (Phi) is 9.89. The number of halogens is 2. The predicted molar refractivity (Wildman–Crippen MR) is 135 cm³/mol. The van der Waals surface area contributed by atoms with E-state index in [-0.39, 0.29) is 29.5 Å². The summed E-state index contributed by atoms with van der Waals surface area (Å²) in [7, 11) is 0. The lowest BCUT2D eigenvalue weighted by Crippen LogP contribution is -2.36. The van der Waals surface area contributed by atoms with Crippen molar-refractivity contribution in [3.05, 3.63) is 105 Å². The smallest absolute Gasteiger partial charge is 0.250 e. The van der Waals surface area contributed by atoms with E-state index in [1.165, 1.54) is 0 Å². The van der Waals surface area contributed by atoms with Gasteiger partial charge < -0.3 is 15.2 Å². The van der Waals surface area contributed by atoms with Crippen LogP contribution in [0.4, 0.5) is 0 Å². The van der Waals surface area contributed by atoms with Crippen molar-refractivity contribution >= 4 is 41.5 Å². The summed E-state index contributed by atoms with van der Waals surface area (Å²) in [4.78, 5) is 16.5. The first-order chi connectivity index (χ1) is 14.2. The molecule has 0 atom stereocenters. The quantitative estimate of drug-likeness (QED) is 0.267. The summed E-state index contributed by atoms with van der Waals surface area (Å²) in [5, 5.41) is 7.31. The van der Waals surface area contributed by atoms with Gasteiger partial charge in [0, 0.05) is 30.4 Å². The highest BCUT2D eigenvalue weighted by Crippen LogP contribution is 2.14. The van der Waals surface area contributed by atoms with Gasteiger partial charge in [-0.1, -0.05) is 60.1 Å². The summed E-state index contributed by atoms with van der Waals surface area (Å²) >= 11 is 6.22. The van der Waals surface area contributed by atoms with E-state index >= 15 is 0 Å². The zero-order valence-corrected chi connectivity index (χ0v) is 19.9. The molecule has 2 N–H and O–H groups in total. The van der Waals surface area contributed by atoms with Crippen molar-refractivity contribution in [2.75, 3.05) is 6.54 Å². The summed E-state index contributed by atoms with van der Waals surface area (Å²) in [6.07, 6.45) is 1.80. The molecule has 0 bridgehead atoms. The fourth-order valence-corrected chi connectivity index (χ4v) is 3.07. The maximum atomic E-state index is 11.8. The number of aliphatic imine (C=N–C) groups is 1. The van der Waals surface area contributed by atoms with E-state index in [1.54, 1.807) is 22.9 Å². The Hall–Kier alpha value is -2.32. The van der Waals surface area contributed by atoms with E-state index in [4.69, 9.17) is 11.6 Å². The van der Waals surface area contributed by atoms with E-state index in [1.807, 2.05) is 61.5 Å². The molecule has 0 spiro atoms. The lowest BCUT2D eigenvalue weighted by molar-refractivity contribution is 0.759. The fourth-order valence-electron chi connectivity index (χ4n) is 2.87. The summed E-state index contributed by atoms with van der Waals surface area (Å²) in [5.41, 5.74) is 3.21. The number of hydrogen-bond donors (Lipinski definition) is 2. The molecular weight excluding hydrogens is 511 g/mol. The molecule has 0 radical (unpaired) electrons. The Labute approximate surface area is 199 Å². The first-order valence-corrected chi connectivity index (χ1v) is 10.0. The molecular formula is C23H26ClIN4O. The number of hydrogen-bond acceptors (Lipinski definition) is 2. The lowest BCUT2D eigenvalue weighted by atomic mass is 10.1. The first-order valence-electron chi connectivity index (χ1n) is 9.64. The number of nitrogens with zero attached hydrogens (tertiary/aromatic N) is 2. The maximum Gasteiger partial charge on any atom is 0.250 e. The average Bonchev–Trinajstić information content (AvgIpc) is 2.74. The van der Waals surface area contributed by atoms with Crippen LogP contribution < -0.4 is 16.2 Å². The van der Waals surface area contributed by atoms with Crippen LogP contribution in [0.15, 0.2) is 82.7 Å². The Bertz CT molecular complexity index is 1020. The molecule has 0 amide bonds. The minimum atomic E-state index is 0. The zero-order chi connectivity index (χ0) is 20.5. The Balaban J connectivity index is 0.00000320. The molecule has 0 aliphatic carbocycles. The summed E-state index contributed by atoms with van der Waals surface area (Å²) in [6.45, 7) is 4.54. The van der Waals surface area contributed by atoms with E-state index in [0.717, 1.165) is 34.2 Å². The van der Waals surface area contributed by atoms with Gasteiger partial charge in [-0.05, 0) is 35.7 Å². The van der Waals surface area contributed by atoms with Crippen molar-refractivity contribution in [3.63, 3.8) is 0 Å². The first kappa shape index (κ1) is 24.0. The van der Waals surface area contributed by atoms with Crippen molar-refractivity contribution in [1.82, 2.24) is 15.2 Å². The summed E-state index contributed by atoms with van der Waals surface area (Å²) in [6, 6.07) is 21.1. The Morgan fingerprint density at radius 1 is 0.967 bits per heavy atom. The molecule has 3 rings (SSSR count). The third kappa shape index (κ3) is 7.18. The van der Waals surface area contributed by atoms with E-state index < -0.39 is 0 Å². The minimum Gasteiger partial charge on any atom is -0.357 e. The molecule has 7 heteroatoms. The summed E-state index contributed by atoms with van der Waals surface area (Å²) < 4.78 is 1.69. The van der Waals surface area contributed by atoms with Gasteiger partial charge in [0.25, 0.3) is 5.56 Å². The predicted octanol–water partition coefficient (Wildman–Crippen LogP) is 4.42. The highest BCUT2D eigenvalue weighted by atomic mass is 127. The number of aromatic nitrogens is 1. The number of nitrogens with one attached hydrogen (secondary N) is 2. The van der Waals surface area contributed by atoms with Gasteiger partial charge in [-0.15, -0.1) is 24.0 Å². The molecule has 0 aliphatic rings. The number of pyridine rings is 1. The lowest BCUT2D eigenvalue weighted by Gasteiger charge is -2.12. The van der Waals surface area contributed by atoms with Crippen LogP contribution >= 0.6 is 35.6 Å². The number of guanidine groups is 1. The fraction of sp³-hybridized carbons (Fsp3) is 0.217. The van der Waals surface area contributed by atoms with Crippen LogP contribution in [-0.4, -0.2) is 17.1 Å². The standard InChI is InChI=1S/C23H25ClN4O.HI/c1-2-25-23(27-16-20-7-3-4-8-21(20)24)26-15-18-10-12-19(13-11-18)17-28-14-6-5-9-22(28)29;/h3-14H,2,15-17H2,1H3,(H2,25,26,27);1H. The maximum absolute atomic E-state index is 11.8. The molecule has 0 unspecified atom stereocenters. The summed E-state index contributed by atoms with van der Waals surface area (Å²) in [5.74, 6) is 0.743. The van der Waals surface area contributed by atoms with Gasteiger partial charge in [0.2, 0.25) is 0 Å². The van der Waals surface area contributed by atoms with Crippen LogP contribution in [0.5, 0.6) is 0 Å². The molecule has 30 heavy (non-hydrogen) atoms. The van der Waals surface area contributed by atoms with Crippen LogP contribution in [0.25, 0.3) is 0 Å². The molecule has 0 saturated carbocycles. The number of rotatable bonds is 7. The van der Waals surface area contributed by atoms with Crippen LogP contribution in [-0.2, 0) is 19.6 Å². The second-order valence-electron chi connectivity index (χ2n) is 6.62. The zero-order valence-electron chi connectivity index (χ0n) is 16.8. The monoisotopic (exact) mass is 536 g/mol. The molecule has 2 aromatic carbocycles. The Morgan fingerprint density at radius 2 is 1.67 bits per heavy atom. The molecule has 5 nitrogen and oxygen atoms in total. The van der Waals surface area contributed by atoms with Gasteiger partial charge in [-0.3, -0.25) is 4.79 Å².